The first-order valence-corrected chi connectivity index (χ1v) is 5.09. The van der Waals surface area contributed by atoms with Crippen LogP contribution >= 0.6 is 0 Å². The molecule has 1 N–H and O–H groups in total. The van der Waals surface area contributed by atoms with Crippen LogP contribution in [0.15, 0.2) is 0 Å². The SMILES string of the molecule is CC#CC1(O)CCCN(CC)CC1. The van der Waals surface area contributed by atoms with Crippen molar-refractivity contribution in [2.75, 3.05) is 19.6 Å². The number of aliphatic hydroxyl groups is 1. The molecule has 0 spiro atoms. The van der Waals surface area contributed by atoms with E-state index >= 15 is 0 Å². The van der Waals surface area contributed by atoms with Gasteiger partial charge in [-0.25, -0.2) is 0 Å². The van der Waals surface area contributed by atoms with Crippen molar-refractivity contribution in [2.24, 2.45) is 0 Å². The van der Waals surface area contributed by atoms with Crippen LogP contribution in [0.5, 0.6) is 0 Å². The highest BCUT2D eigenvalue weighted by Crippen LogP contribution is 2.21. The standard InChI is InChI=1S/C11H19NO/c1-3-6-11(13)7-5-9-12(4-2)10-8-11/h13H,4-5,7-10H2,1-2H3. The van der Waals surface area contributed by atoms with E-state index in [-0.39, 0.29) is 0 Å². The Hall–Kier alpha value is -0.520. The summed E-state index contributed by atoms with van der Waals surface area (Å²) in [6.07, 6.45) is 2.67. The van der Waals surface area contributed by atoms with E-state index in [1.165, 1.54) is 0 Å². The molecule has 1 atom stereocenters. The first kappa shape index (κ1) is 10.6. The highest BCUT2D eigenvalue weighted by atomic mass is 16.3. The largest absolute Gasteiger partial charge is 0.378 e. The van der Waals surface area contributed by atoms with E-state index in [1.807, 2.05) is 0 Å². The maximum absolute atomic E-state index is 10.1. The first-order chi connectivity index (χ1) is 6.20. The van der Waals surface area contributed by atoms with E-state index in [1.54, 1.807) is 6.92 Å². The molecule has 1 aliphatic rings. The van der Waals surface area contributed by atoms with Gasteiger partial charge in [-0.15, -0.1) is 5.92 Å². The van der Waals surface area contributed by atoms with Crippen LogP contribution in [0.3, 0.4) is 0 Å². The zero-order chi connectivity index (χ0) is 9.73. The van der Waals surface area contributed by atoms with Crippen molar-refractivity contribution in [1.82, 2.24) is 4.90 Å². The molecule has 0 aromatic carbocycles. The Labute approximate surface area is 80.9 Å². The van der Waals surface area contributed by atoms with Gasteiger partial charge in [-0.1, -0.05) is 12.8 Å². The topological polar surface area (TPSA) is 23.5 Å². The molecule has 0 aliphatic carbocycles. The molecule has 0 aromatic rings. The summed E-state index contributed by atoms with van der Waals surface area (Å²) in [5.41, 5.74) is -0.710. The van der Waals surface area contributed by atoms with E-state index in [2.05, 4.69) is 23.7 Å². The minimum absolute atomic E-state index is 0.710. The molecule has 1 saturated heterocycles. The maximum atomic E-state index is 10.1. The Kier molecular flexibility index (Phi) is 3.77. The molecular weight excluding hydrogens is 162 g/mol. The molecule has 0 radical (unpaired) electrons. The average Bonchev–Trinajstić information content (AvgIpc) is 2.28. The molecule has 1 fully saturated rings. The Bertz CT molecular complexity index is 216. The van der Waals surface area contributed by atoms with E-state index in [4.69, 9.17) is 0 Å². The normalized spacial score (nSPS) is 30.4. The lowest BCUT2D eigenvalue weighted by molar-refractivity contribution is 0.0848. The molecule has 1 rings (SSSR count). The number of likely N-dealkylation sites (tertiary alicyclic amines) is 1. The summed E-state index contributed by atoms with van der Waals surface area (Å²) in [7, 11) is 0. The first-order valence-electron chi connectivity index (χ1n) is 5.09. The van der Waals surface area contributed by atoms with E-state index in [0.717, 1.165) is 38.9 Å². The summed E-state index contributed by atoms with van der Waals surface area (Å²) >= 11 is 0. The molecule has 1 heterocycles. The smallest absolute Gasteiger partial charge is 0.126 e. The quantitative estimate of drug-likeness (QED) is 0.615. The fraction of sp³-hybridized carbons (Fsp3) is 0.818. The monoisotopic (exact) mass is 181 g/mol. The number of hydrogen-bond donors (Lipinski definition) is 1. The third-order valence-corrected chi connectivity index (χ3v) is 2.71. The zero-order valence-corrected chi connectivity index (χ0v) is 8.64. The molecule has 1 unspecified atom stereocenters. The van der Waals surface area contributed by atoms with Crippen LogP contribution in [0, 0.1) is 11.8 Å². The molecule has 1 aliphatic heterocycles. The van der Waals surface area contributed by atoms with Crippen molar-refractivity contribution in [3.63, 3.8) is 0 Å². The van der Waals surface area contributed by atoms with Crippen LogP contribution in [-0.2, 0) is 0 Å². The predicted octanol–water partition coefficient (Wildman–Crippen LogP) is 1.25. The van der Waals surface area contributed by atoms with Gasteiger partial charge in [0.15, 0.2) is 0 Å². The highest BCUT2D eigenvalue weighted by Gasteiger charge is 2.27. The van der Waals surface area contributed by atoms with Gasteiger partial charge in [-0.3, -0.25) is 0 Å². The Morgan fingerprint density at radius 2 is 2.15 bits per heavy atom. The molecule has 2 heteroatoms. The van der Waals surface area contributed by atoms with Gasteiger partial charge in [0.2, 0.25) is 0 Å². The van der Waals surface area contributed by atoms with Gasteiger partial charge < -0.3 is 10.0 Å². The van der Waals surface area contributed by atoms with Crippen LogP contribution in [0.25, 0.3) is 0 Å². The van der Waals surface area contributed by atoms with Crippen LogP contribution in [0.1, 0.15) is 33.1 Å². The zero-order valence-electron chi connectivity index (χ0n) is 8.64. The fourth-order valence-electron chi connectivity index (χ4n) is 1.85. The second kappa shape index (κ2) is 4.64. The molecule has 0 amide bonds. The second-order valence-electron chi connectivity index (χ2n) is 3.69. The maximum Gasteiger partial charge on any atom is 0.126 e. The molecular formula is C11H19NO. The molecule has 0 saturated carbocycles. The fourth-order valence-corrected chi connectivity index (χ4v) is 1.85. The van der Waals surface area contributed by atoms with Crippen molar-refractivity contribution in [2.45, 2.75) is 38.7 Å². The van der Waals surface area contributed by atoms with Crippen LogP contribution in [0.2, 0.25) is 0 Å². The third-order valence-electron chi connectivity index (χ3n) is 2.71. The van der Waals surface area contributed by atoms with Gasteiger partial charge in [-0.05, 0) is 32.9 Å². The number of hydrogen-bond acceptors (Lipinski definition) is 2. The van der Waals surface area contributed by atoms with E-state index in [9.17, 15) is 5.11 Å². The summed E-state index contributed by atoms with van der Waals surface area (Å²) in [4.78, 5) is 2.37. The predicted molar refractivity (Wildman–Crippen MR) is 54.4 cm³/mol. The molecule has 0 aromatic heterocycles. The molecule has 2 nitrogen and oxygen atoms in total. The Balaban J connectivity index is 2.56. The van der Waals surface area contributed by atoms with Gasteiger partial charge in [0.05, 0.1) is 0 Å². The van der Waals surface area contributed by atoms with Crippen molar-refractivity contribution in [1.29, 1.82) is 0 Å². The average molecular weight is 181 g/mol. The lowest BCUT2D eigenvalue weighted by Gasteiger charge is -2.20. The number of nitrogens with zero attached hydrogens (tertiary/aromatic N) is 1. The van der Waals surface area contributed by atoms with Gasteiger partial charge in [0.1, 0.15) is 5.60 Å². The van der Waals surface area contributed by atoms with Gasteiger partial charge in [0.25, 0.3) is 0 Å². The van der Waals surface area contributed by atoms with E-state index in [0.29, 0.717) is 0 Å². The number of rotatable bonds is 1. The van der Waals surface area contributed by atoms with Crippen molar-refractivity contribution >= 4 is 0 Å². The Morgan fingerprint density at radius 1 is 1.38 bits per heavy atom. The van der Waals surface area contributed by atoms with E-state index < -0.39 is 5.60 Å². The van der Waals surface area contributed by atoms with Gasteiger partial charge in [0, 0.05) is 13.0 Å². The van der Waals surface area contributed by atoms with Crippen LogP contribution < -0.4 is 0 Å². The van der Waals surface area contributed by atoms with Crippen molar-refractivity contribution in [3.8, 4) is 11.8 Å². The summed E-state index contributed by atoms with van der Waals surface area (Å²) < 4.78 is 0. The lowest BCUT2D eigenvalue weighted by Crippen LogP contribution is -2.29. The molecule has 74 valence electrons. The Morgan fingerprint density at radius 3 is 2.77 bits per heavy atom. The summed E-state index contributed by atoms with van der Waals surface area (Å²) in [5, 5.41) is 10.1. The minimum atomic E-state index is -0.710. The second-order valence-corrected chi connectivity index (χ2v) is 3.69. The summed E-state index contributed by atoms with van der Waals surface area (Å²) in [5.74, 6) is 5.74. The van der Waals surface area contributed by atoms with Crippen molar-refractivity contribution in [3.05, 3.63) is 0 Å². The third kappa shape index (κ3) is 3.02. The van der Waals surface area contributed by atoms with Gasteiger partial charge in [-0.2, -0.15) is 0 Å². The highest BCUT2D eigenvalue weighted by molar-refractivity contribution is 5.12. The van der Waals surface area contributed by atoms with Gasteiger partial charge >= 0.3 is 0 Å². The van der Waals surface area contributed by atoms with Crippen LogP contribution in [-0.4, -0.2) is 35.2 Å². The molecule has 13 heavy (non-hydrogen) atoms. The van der Waals surface area contributed by atoms with Crippen molar-refractivity contribution < 1.29 is 5.11 Å². The van der Waals surface area contributed by atoms with Crippen LogP contribution in [0.4, 0.5) is 0 Å². The summed E-state index contributed by atoms with van der Waals surface area (Å²) in [6.45, 7) is 7.11. The lowest BCUT2D eigenvalue weighted by atomic mass is 9.96. The minimum Gasteiger partial charge on any atom is -0.378 e. The molecule has 0 bridgehead atoms. The summed E-state index contributed by atoms with van der Waals surface area (Å²) in [6, 6.07) is 0.